The van der Waals surface area contributed by atoms with Gasteiger partial charge < -0.3 is 9.64 Å². The Bertz CT molecular complexity index is 660. The second-order valence-corrected chi connectivity index (χ2v) is 8.73. The number of carbonyl (C=O) groups excluding carboxylic acids is 1. The summed E-state index contributed by atoms with van der Waals surface area (Å²) in [6.07, 6.45) is -0.275. The van der Waals surface area contributed by atoms with Crippen LogP contribution in [-0.2, 0) is 4.74 Å². The average molecular weight is 385 g/mol. The van der Waals surface area contributed by atoms with Crippen LogP contribution < -0.4 is 0 Å². The van der Waals surface area contributed by atoms with Crippen LogP contribution in [0.5, 0.6) is 0 Å². The van der Waals surface area contributed by atoms with Crippen LogP contribution in [0.15, 0.2) is 12.1 Å². The summed E-state index contributed by atoms with van der Waals surface area (Å²) in [6.45, 7) is 14.0. The number of halogens is 2. The number of ether oxygens (including phenoxy) is 1. The van der Waals surface area contributed by atoms with E-state index in [2.05, 4.69) is 4.90 Å². The van der Waals surface area contributed by atoms with Crippen LogP contribution in [-0.4, -0.2) is 53.7 Å². The molecule has 1 fully saturated rings. The predicted molar refractivity (Wildman–Crippen MR) is 103 cm³/mol. The molecule has 0 aromatic heterocycles. The van der Waals surface area contributed by atoms with Gasteiger partial charge in [0.2, 0.25) is 0 Å². The Morgan fingerprint density at radius 1 is 1.31 bits per heavy atom. The third-order valence-electron chi connectivity index (χ3n) is 4.64. The number of hydrogen-bond donors (Lipinski definition) is 0. The minimum atomic E-state index is -0.498. The summed E-state index contributed by atoms with van der Waals surface area (Å²) in [4.78, 5) is 16.3. The van der Waals surface area contributed by atoms with E-state index in [1.165, 1.54) is 0 Å². The van der Waals surface area contributed by atoms with Crippen LogP contribution >= 0.6 is 11.6 Å². The molecule has 2 atom stereocenters. The number of amides is 1. The molecule has 1 unspecified atom stereocenters. The Balaban J connectivity index is 1.97. The topological polar surface area (TPSA) is 32.8 Å². The Morgan fingerprint density at radius 3 is 2.54 bits per heavy atom. The molecule has 1 heterocycles. The van der Waals surface area contributed by atoms with Crippen molar-refractivity contribution in [1.82, 2.24) is 9.80 Å². The molecule has 4 nitrogen and oxygen atoms in total. The average Bonchev–Trinajstić information content (AvgIpc) is 2.49. The van der Waals surface area contributed by atoms with Gasteiger partial charge in [-0.25, -0.2) is 9.18 Å². The van der Waals surface area contributed by atoms with E-state index in [1.807, 2.05) is 40.7 Å². The summed E-state index contributed by atoms with van der Waals surface area (Å²) in [7, 11) is 0. The lowest BCUT2D eigenvalue weighted by atomic mass is 10.0. The summed E-state index contributed by atoms with van der Waals surface area (Å²) < 4.78 is 19.4. The summed E-state index contributed by atoms with van der Waals surface area (Å²) in [6, 6.07) is 3.42. The number of carbonyl (C=O) groups is 1. The van der Waals surface area contributed by atoms with Crippen molar-refractivity contribution in [2.75, 3.05) is 26.2 Å². The summed E-state index contributed by atoms with van der Waals surface area (Å²) >= 11 is 6.59. The highest BCUT2D eigenvalue weighted by Crippen LogP contribution is 2.28. The molecule has 1 saturated heterocycles. The van der Waals surface area contributed by atoms with Crippen LogP contribution in [0.2, 0.25) is 0 Å². The van der Waals surface area contributed by atoms with Crippen LogP contribution in [0.25, 0.3) is 0 Å². The quantitative estimate of drug-likeness (QED) is 0.710. The SMILES string of the molecule is Cc1cc(C)c(C(Cl)CN2CCN(C(=O)OC(C)(C)C)[C@H](C)C2)cc1F. The van der Waals surface area contributed by atoms with Crippen molar-refractivity contribution in [3.8, 4) is 0 Å². The van der Waals surface area contributed by atoms with E-state index < -0.39 is 5.60 Å². The lowest BCUT2D eigenvalue weighted by Crippen LogP contribution is -2.55. The summed E-state index contributed by atoms with van der Waals surface area (Å²) in [5.41, 5.74) is 1.97. The Hall–Kier alpha value is -1.33. The molecular formula is C20H30ClFN2O2. The maximum Gasteiger partial charge on any atom is 0.410 e. The number of alkyl halides is 1. The van der Waals surface area contributed by atoms with Crippen LogP contribution in [0.1, 0.15) is 49.8 Å². The van der Waals surface area contributed by atoms with Crippen LogP contribution in [0, 0.1) is 19.7 Å². The van der Waals surface area contributed by atoms with E-state index in [0.29, 0.717) is 18.7 Å². The van der Waals surface area contributed by atoms with Crippen molar-refractivity contribution in [3.05, 3.63) is 34.6 Å². The normalized spacial score (nSPS) is 20.2. The number of nitrogens with zero attached hydrogens (tertiary/aromatic N) is 2. The lowest BCUT2D eigenvalue weighted by Gasteiger charge is -2.40. The largest absolute Gasteiger partial charge is 0.444 e. The van der Waals surface area contributed by atoms with E-state index in [-0.39, 0.29) is 23.3 Å². The van der Waals surface area contributed by atoms with Gasteiger partial charge in [0.1, 0.15) is 11.4 Å². The van der Waals surface area contributed by atoms with E-state index >= 15 is 0 Å². The first-order valence-corrected chi connectivity index (χ1v) is 9.54. The molecule has 0 saturated carbocycles. The number of piperazine rings is 1. The zero-order chi connectivity index (χ0) is 19.6. The van der Waals surface area contributed by atoms with Crippen molar-refractivity contribution >= 4 is 17.7 Å². The molecule has 1 aliphatic heterocycles. The van der Waals surface area contributed by atoms with Crippen molar-refractivity contribution in [2.24, 2.45) is 0 Å². The fourth-order valence-electron chi connectivity index (χ4n) is 3.29. The van der Waals surface area contributed by atoms with Gasteiger partial charge in [-0.05, 0) is 64.3 Å². The van der Waals surface area contributed by atoms with Gasteiger partial charge in [0.25, 0.3) is 0 Å². The van der Waals surface area contributed by atoms with Crippen LogP contribution in [0.4, 0.5) is 9.18 Å². The third-order valence-corrected chi connectivity index (χ3v) is 5.02. The van der Waals surface area contributed by atoms with Gasteiger partial charge in [-0.1, -0.05) is 6.07 Å². The molecule has 26 heavy (non-hydrogen) atoms. The third kappa shape index (κ3) is 5.34. The first kappa shape index (κ1) is 21.0. The highest BCUT2D eigenvalue weighted by atomic mass is 35.5. The molecule has 0 aliphatic carbocycles. The number of benzene rings is 1. The van der Waals surface area contributed by atoms with Gasteiger partial charge in [0, 0.05) is 32.2 Å². The molecule has 2 rings (SSSR count). The maximum atomic E-state index is 13.9. The molecule has 146 valence electrons. The zero-order valence-electron chi connectivity index (χ0n) is 16.6. The minimum Gasteiger partial charge on any atom is -0.444 e. The Labute approximate surface area is 161 Å². The molecule has 0 spiro atoms. The molecule has 1 amide bonds. The highest BCUT2D eigenvalue weighted by Gasteiger charge is 2.31. The Morgan fingerprint density at radius 2 is 1.96 bits per heavy atom. The van der Waals surface area contributed by atoms with Crippen molar-refractivity contribution < 1.29 is 13.9 Å². The van der Waals surface area contributed by atoms with Gasteiger partial charge in [0.05, 0.1) is 5.38 Å². The van der Waals surface area contributed by atoms with E-state index in [0.717, 1.165) is 24.2 Å². The number of rotatable bonds is 3. The minimum absolute atomic E-state index is 0.0401. The smallest absolute Gasteiger partial charge is 0.410 e. The molecule has 1 aromatic rings. The molecule has 0 bridgehead atoms. The monoisotopic (exact) mass is 384 g/mol. The fourth-order valence-corrected chi connectivity index (χ4v) is 3.72. The second kappa shape index (κ2) is 8.13. The van der Waals surface area contributed by atoms with Crippen molar-refractivity contribution in [1.29, 1.82) is 0 Å². The molecule has 0 radical (unpaired) electrons. The van der Waals surface area contributed by atoms with Crippen LogP contribution in [0.3, 0.4) is 0 Å². The standard InChI is InChI=1S/C20H30ClFN2O2/c1-13-9-14(2)18(22)10-16(13)17(21)12-23-7-8-24(15(3)11-23)19(25)26-20(4,5)6/h9-10,15,17H,7-8,11-12H2,1-6H3/t15-,17?/m1/s1. The summed E-state index contributed by atoms with van der Waals surface area (Å²) in [5.74, 6) is -0.223. The number of hydrogen-bond acceptors (Lipinski definition) is 3. The van der Waals surface area contributed by atoms with Gasteiger partial charge >= 0.3 is 6.09 Å². The molecule has 0 N–H and O–H groups in total. The summed E-state index contributed by atoms with van der Waals surface area (Å²) in [5, 5.41) is -0.287. The first-order chi connectivity index (χ1) is 12.0. The van der Waals surface area contributed by atoms with Gasteiger partial charge in [-0.15, -0.1) is 11.6 Å². The first-order valence-electron chi connectivity index (χ1n) is 9.10. The highest BCUT2D eigenvalue weighted by molar-refractivity contribution is 6.21. The van der Waals surface area contributed by atoms with E-state index in [9.17, 15) is 9.18 Å². The van der Waals surface area contributed by atoms with Gasteiger partial charge in [-0.2, -0.15) is 0 Å². The van der Waals surface area contributed by atoms with E-state index in [4.69, 9.17) is 16.3 Å². The lowest BCUT2D eigenvalue weighted by molar-refractivity contribution is 0.00150. The predicted octanol–water partition coefficient (Wildman–Crippen LogP) is 4.66. The molecular weight excluding hydrogens is 355 g/mol. The van der Waals surface area contributed by atoms with E-state index in [1.54, 1.807) is 17.9 Å². The second-order valence-electron chi connectivity index (χ2n) is 8.21. The molecule has 1 aliphatic rings. The zero-order valence-corrected chi connectivity index (χ0v) is 17.4. The van der Waals surface area contributed by atoms with Crippen molar-refractivity contribution in [3.63, 3.8) is 0 Å². The van der Waals surface area contributed by atoms with Gasteiger partial charge in [-0.3, -0.25) is 4.90 Å². The Kier molecular flexibility index (Phi) is 6.56. The fraction of sp³-hybridized carbons (Fsp3) is 0.650. The molecule has 1 aromatic carbocycles. The molecule has 6 heteroatoms. The number of aryl methyl sites for hydroxylation is 2. The maximum absolute atomic E-state index is 13.9. The van der Waals surface area contributed by atoms with Crippen molar-refractivity contribution in [2.45, 2.75) is 58.6 Å². The van der Waals surface area contributed by atoms with Gasteiger partial charge in [0.15, 0.2) is 0 Å².